The van der Waals surface area contributed by atoms with Gasteiger partial charge in [-0.2, -0.15) is 0 Å². The number of carbonyl (C=O) groups excluding carboxylic acids is 2. The largest absolute Gasteiger partial charge is 0.345 e. The second kappa shape index (κ2) is 13.2. The van der Waals surface area contributed by atoms with Crippen LogP contribution in [0.4, 0.5) is 0 Å². The molecule has 2 rings (SSSR count). The molecule has 0 saturated heterocycles. The summed E-state index contributed by atoms with van der Waals surface area (Å²) >= 11 is 0. The van der Waals surface area contributed by atoms with Gasteiger partial charge in [-0.15, -0.1) is 0 Å². The number of unbranched alkanes of at least 4 members (excludes halogenated alkanes) is 1. The third-order valence-electron chi connectivity index (χ3n) is 5.95. The Balaban J connectivity index is 2.15. The van der Waals surface area contributed by atoms with Gasteiger partial charge in [0.2, 0.25) is 11.8 Å². The molecule has 182 valence electrons. The first kappa shape index (κ1) is 26.7. The molecule has 0 N–H and O–H groups in total. The highest BCUT2D eigenvalue weighted by Gasteiger charge is 2.23. The van der Waals surface area contributed by atoms with Crippen LogP contribution in [0.5, 0.6) is 0 Å². The van der Waals surface area contributed by atoms with E-state index in [0.717, 1.165) is 31.5 Å². The van der Waals surface area contributed by atoms with E-state index in [9.17, 15) is 9.59 Å². The lowest BCUT2D eigenvalue weighted by atomic mass is 10.1. The summed E-state index contributed by atoms with van der Waals surface area (Å²) in [6.45, 7) is 15.2. The van der Waals surface area contributed by atoms with Gasteiger partial charge in [0.05, 0.1) is 13.1 Å². The van der Waals surface area contributed by atoms with E-state index in [1.54, 1.807) is 4.90 Å². The Morgan fingerprint density at radius 2 is 1.76 bits per heavy atom. The summed E-state index contributed by atoms with van der Waals surface area (Å²) < 4.78 is 2.22. The van der Waals surface area contributed by atoms with Crippen LogP contribution in [0.15, 0.2) is 42.6 Å². The molecule has 0 saturated carbocycles. The van der Waals surface area contributed by atoms with E-state index in [1.165, 1.54) is 11.1 Å². The maximum Gasteiger partial charge on any atom is 0.242 e. The molecule has 2 aromatic rings. The monoisotopic (exact) mass is 453 g/mol. The number of hydrogen-bond acceptors (Lipinski definition) is 2. The molecule has 0 atom stereocenters. The second-order valence-electron chi connectivity index (χ2n) is 9.88. The number of benzene rings is 1. The molecule has 0 unspecified atom stereocenters. The van der Waals surface area contributed by atoms with Crippen LogP contribution in [0.3, 0.4) is 0 Å². The molecule has 0 radical (unpaired) electrons. The van der Waals surface area contributed by atoms with Gasteiger partial charge >= 0.3 is 0 Å². The van der Waals surface area contributed by atoms with Crippen molar-refractivity contribution < 1.29 is 9.59 Å². The minimum absolute atomic E-state index is 0.0320. The Labute approximate surface area is 200 Å². The highest BCUT2D eigenvalue weighted by Crippen LogP contribution is 2.14. The Bertz CT molecular complexity index is 885. The lowest BCUT2D eigenvalue weighted by Crippen LogP contribution is -2.45. The molecular weight excluding hydrogens is 410 g/mol. The van der Waals surface area contributed by atoms with Gasteiger partial charge in [0.1, 0.15) is 0 Å². The zero-order valence-corrected chi connectivity index (χ0v) is 21.5. The quantitative estimate of drug-likeness (QED) is 0.402. The average Bonchev–Trinajstić information content (AvgIpc) is 3.19. The summed E-state index contributed by atoms with van der Waals surface area (Å²) in [4.78, 5) is 29.9. The summed E-state index contributed by atoms with van der Waals surface area (Å²) in [5.74, 6) is 0.469. The predicted molar refractivity (Wildman–Crippen MR) is 136 cm³/mol. The Kier molecular flexibility index (Phi) is 10.7. The molecule has 0 aliphatic carbocycles. The van der Waals surface area contributed by atoms with Crippen molar-refractivity contribution >= 4 is 11.8 Å². The fourth-order valence-electron chi connectivity index (χ4n) is 3.90. The van der Waals surface area contributed by atoms with Crippen molar-refractivity contribution in [3.8, 4) is 0 Å². The summed E-state index contributed by atoms with van der Waals surface area (Å²) in [7, 11) is 0. The number of nitrogens with zero attached hydrogens (tertiary/aromatic N) is 3. The topological polar surface area (TPSA) is 45.6 Å². The van der Waals surface area contributed by atoms with Crippen LogP contribution < -0.4 is 0 Å². The number of hydrogen-bond donors (Lipinski definition) is 0. The molecule has 0 fully saturated rings. The first-order valence-electron chi connectivity index (χ1n) is 12.5. The predicted octanol–water partition coefficient (Wildman–Crippen LogP) is 5.50. The van der Waals surface area contributed by atoms with Crippen LogP contribution in [0.25, 0.3) is 0 Å². The standard InChI is InChI=1S/C28H43N3O2/c1-7-8-15-30(27(32)21-31(17-14-22(2)3)28(33)23(4)5)20-26-13-10-16-29(26)19-25-12-9-11-24(6)18-25/h9-13,16,18,22-23H,7-8,14-15,17,19-21H2,1-6H3. The maximum atomic E-state index is 13.4. The summed E-state index contributed by atoms with van der Waals surface area (Å²) in [6.07, 6.45) is 4.96. The molecular formula is C28H43N3O2. The van der Waals surface area contributed by atoms with Crippen molar-refractivity contribution in [1.29, 1.82) is 0 Å². The van der Waals surface area contributed by atoms with Crippen molar-refractivity contribution in [2.75, 3.05) is 19.6 Å². The second-order valence-corrected chi connectivity index (χ2v) is 9.88. The SMILES string of the molecule is CCCCN(Cc1cccn1Cc1cccc(C)c1)C(=O)CN(CCC(C)C)C(=O)C(C)C. The molecule has 5 nitrogen and oxygen atoms in total. The zero-order chi connectivity index (χ0) is 24.4. The normalized spacial score (nSPS) is 11.3. The molecule has 5 heteroatoms. The average molecular weight is 454 g/mol. The molecule has 1 aromatic carbocycles. The smallest absolute Gasteiger partial charge is 0.242 e. The third kappa shape index (κ3) is 8.71. The third-order valence-corrected chi connectivity index (χ3v) is 5.95. The van der Waals surface area contributed by atoms with Gasteiger partial charge < -0.3 is 14.4 Å². The van der Waals surface area contributed by atoms with Crippen molar-refractivity contribution in [1.82, 2.24) is 14.4 Å². The van der Waals surface area contributed by atoms with Crippen LogP contribution in [-0.2, 0) is 22.7 Å². The fourth-order valence-corrected chi connectivity index (χ4v) is 3.90. The summed E-state index contributed by atoms with van der Waals surface area (Å²) in [6, 6.07) is 12.7. The van der Waals surface area contributed by atoms with E-state index in [0.29, 0.717) is 25.6 Å². The van der Waals surface area contributed by atoms with Crippen molar-refractivity contribution in [3.63, 3.8) is 0 Å². The van der Waals surface area contributed by atoms with Crippen LogP contribution in [0, 0.1) is 18.8 Å². The van der Waals surface area contributed by atoms with Gasteiger partial charge in [-0.3, -0.25) is 9.59 Å². The number of rotatable bonds is 13. The lowest BCUT2D eigenvalue weighted by molar-refractivity contribution is -0.142. The molecule has 0 aliphatic rings. The first-order valence-corrected chi connectivity index (χ1v) is 12.5. The molecule has 0 aliphatic heterocycles. The highest BCUT2D eigenvalue weighted by molar-refractivity contribution is 5.85. The van der Waals surface area contributed by atoms with Crippen molar-refractivity contribution in [2.45, 2.75) is 73.9 Å². The molecule has 1 aromatic heterocycles. The van der Waals surface area contributed by atoms with Gasteiger partial charge in [-0.25, -0.2) is 0 Å². The van der Waals surface area contributed by atoms with E-state index < -0.39 is 0 Å². The van der Waals surface area contributed by atoms with Crippen LogP contribution in [-0.4, -0.2) is 45.8 Å². The first-order chi connectivity index (χ1) is 15.7. The van der Waals surface area contributed by atoms with Crippen LogP contribution >= 0.6 is 0 Å². The van der Waals surface area contributed by atoms with Crippen molar-refractivity contribution in [2.24, 2.45) is 11.8 Å². The van der Waals surface area contributed by atoms with Crippen molar-refractivity contribution in [3.05, 3.63) is 59.4 Å². The van der Waals surface area contributed by atoms with E-state index in [2.05, 4.69) is 68.8 Å². The number of amides is 2. The zero-order valence-electron chi connectivity index (χ0n) is 21.5. The van der Waals surface area contributed by atoms with Gasteiger partial charge in [0, 0.05) is 37.4 Å². The van der Waals surface area contributed by atoms with Gasteiger partial charge in [-0.05, 0) is 43.4 Å². The molecule has 33 heavy (non-hydrogen) atoms. The van der Waals surface area contributed by atoms with Gasteiger partial charge in [0.15, 0.2) is 0 Å². The maximum absolute atomic E-state index is 13.4. The van der Waals surface area contributed by atoms with E-state index >= 15 is 0 Å². The molecule has 0 spiro atoms. The Morgan fingerprint density at radius 1 is 1.00 bits per heavy atom. The Hall–Kier alpha value is -2.56. The van der Waals surface area contributed by atoms with Gasteiger partial charge in [-0.1, -0.05) is 70.9 Å². The Morgan fingerprint density at radius 3 is 2.39 bits per heavy atom. The highest BCUT2D eigenvalue weighted by atomic mass is 16.2. The van der Waals surface area contributed by atoms with E-state index in [4.69, 9.17) is 0 Å². The number of aryl methyl sites for hydroxylation is 1. The fraction of sp³-hybridized carbons (Fsp3) is 0.571. The lowest BCUT2D eigenvalue weighted by Gasteiger charge is -2.29. The minimum atomic E-state index is -0.111. The minimum Gasteiger partial charge on any atom is -0.345 e. The van der Waals surface area contributed by atoms with E-state index in [-0.39, 0.29) is 24.3 Å². The number of aromatic nitrogens is 1. The van der Waals surface area contributed by atoms with Crippen LogP contribution in [0.1, 0.15) is 70.7 Å². The number of carbonyl (C=O) groups is 2. The van der Waals surface area contributed by atoms with Crippen LogP contribution in [0.2, 0.25) is 0 Å². The summed E-state index contributed by atoms with van der Waals surface area (Å²) in [5, 5.41) is 0. The van der Waals surface area contributed by atoms with E-state index in [1.807, 2.05) is 24.8 Å². The molecule has 2 amide bonds. The van der Waals surface area contributed by atoms with Gasteiger partial charge in [0.25, 0.3) is 0 Å². The summed E-state index contributed by atoms with van der Waals surface area (Å²) in [5.41, 5.74) is 3.61. The molecule has 1 heterocycles. The molecule has 0 bridgehead atoms.